The summed E-state index contributed by atoms with van der Waals surface area (Å²) in [5.74, 6) is -1.01. The lowest BCUT2D eigenvalue weighted by Crippen LogP contribution is -2.35. The predicted octanol–water partition coefficient (Wildman–Crippen LogP) is 1.61. The molecule has 0 aromatic heterocycles. The Balaban J connectivity index is 1.34. The van der Waals surface area contributed by atoms with Crippen LogP contribution in [-0.4, -0.2) is 48.2 Å². The highest BCUT2D eigenvalue weighted by Gasteiger charge is 2.34. The lowest BCUT2D eigenvalue weighted by molar-refractivity contribution is -0.121. The highest BCUT2D eigenvalue weighted by Crippen LogP contribution is 2.22. The molecule has 2 aromatic rings. The summed E-state index contributed by atoms with van der Waals surface area (Å²) >= 11 is 0. The van der Waals surface area contributed by atoms with Gasteiger partial charge in [0.05, 0.1) is 11.1 Å². The molecule has 28 heavy (non-hydrogen) atoms. The molecule has 2 N–H and O–H groups in total. The molecular weight excluding hydrogens is 358 g/mol. The number of carbonyl (C=O) groups is 4. The van der Waals surface area contributed by atoms with E-state index in [0.29, 0.717) is 36.2 Å². The van der Waals surface area contributed by atoms with Crippen molar-refractivity contribution in [2.45, 2.75) is 12.8 Å². The summed E-state index contributed by atoms with van der Waals surface area (Å²) in [7, 11) is 0. The van der Waals surface area contributed by atoms with E-state index < -0.39 is 0 Å². The van der Waals surface area contributed by atoms with Gasteiger partial charge in [0.15, 0.2) is 0 Å². The Hall–Kier alpha value is -3.48. The van der Waals surface area contributed by atoms with Gasteiger partial charge in [-0.05, 0) is 30.7 Å². The van der Waals surface area contributed by atoms with Crippen LogP contribution in [0, 0.1) is 0 Å². The summed E-state index contributed by atoms with van der Waals surface area (Å²) in [6.45, 7) is 0.826. The van der Waals surface area contributed by atoms with Gasteiger partial charge in [0.1, 0.15) is 0 Å². The minimum Gasteiger partial charge on any atom is -0.354 e. The van der Waals surface area contributed by atoms with Crippen molar-refractivity contribution in [2.24, 2.45) is 0 Å². The van der Waals surface area contributed by atoms with Crippen molar-refractivity contribution in [2.75, 3.05) is 19.6 Å². The molecule has 1 aliphatic heterocycles. The van der Waals surface area contributed by atoms with Gasteiger partial charge in [0, 0.05) is 31.6 Å². The van der Waals surface area contributed by atoms with Gasteiger partial charge >= 0.3 is 0 Å². The van der Waals surface area contributed by atoms with E-state index in [1.54, 1.807) is 48.5 Å². The Labute approximate surface area is 162 Å². The van der Waals surface area contributed by atoms with Crippen molar-refractivity contribution >= 4 is 23.6 Å². The minimum atomic E-state index is -0.315. The highest BCUT2D eigenvalue weighted by atomic mass is 16.2. The van der Waals surface area contributed by atoms with E-state index in [0.717, 1.165) is 0 Å². The van der Waals surface area contributed by atoms with Crippen LogP contribution in [0.2, 0.25) is 0 Å². The summed E-state index contributed by atoms with van der Waals surface area (Å²) in [4.78, 5) is 49.4. The molecule has 0 fully saturated rings. The van der Waals surface area contributed by atoms with E-state index in [4.69, 9.17) is 0 Å². The first-order chi connectivity index (χ1) is 13.6. The Morgan fingerprint density at radius 3 is 2.00 bits per heavy atom. The van der Waals surface area contributed by atoms with Crippen molar-refractivity contribution < 1.29 is 19.2 Å². The first-order valence-corrected chi connectivity index (χ1v) is 9.13. The molecule has 4 amide bonds. The molecule has 7 nitrogen and oxygen atoms in total. The molecule has 0 saturated carbocycles. The number of benzene rings is 2. The summed E-state index contributed by atoms with van der Waals surface area (Å²) < 4.78 is 0. The highest BCUT2D eigenvalue weighted by molar-refractivity contribution is 6.21. The van der Waals surface area contributed by atoms with Crippen LogP contribution < -0.4 is 10.6 Å². The first-order valence-electron chi connectivity index (χ1n) is 9.13. The van der Waals surface area contributed by atoms with Crippen molar-refractivity contribution in [3.63, 3.8) is 0 Å². The molecular formula is C21H21N3O4. The molecule has 3 rings (SSSR count). The standard InChI is InChI=1S/C21H21N3O4/c25-18(22-12-13-23-19(26)15-7-2-1-3-8-15)11-6-14-24-20(27)16-9-4-5-10-17(16)21(24)28/h1-5,7-10H,6,11-14H2,(H,22,25)(H,23,26). The number of carbonyl (C=O) groups excluding carboxylic acids is 4. The molecule has 0 saturated heterocycles. The van der Waals surface area contributed by atoms with Crippen molar-refractivity contribution in [1.82, 2.24) is 15.5 Å². The van der Waals surface area contributed by atoms with Gasteiger partial charge in [0.2, 0.25) is 5.91 Å². The third-order valence-electron chi connectivity index (χ3n) is 4.43. The second-order valence-corrected chi connectivity index (χ2v) is 6.38. The molecule has 0 aliphatic carbocycles. The van der Waals surface area contributed by atoms with E-state index in [-0.39, 0.29) is 36.6 Å². The lowest BCUT2D eigenvalue weighted by Gasteiger charge is -2.13. The number of amides is 4. The van der Waals surface area contributed by atoms with Gasteiger partial charge in [-0.3, -0.25) is 24.1 Å². The average molecular weight is 379 g/mol. The smallest absolute Gasteiger partial charge is 0.261 e. The number of imide groups is 1. The third-order valence-corrected chi connectivity index (χ3v) is 4.43. The second-order valence-electron chi connectivity index (χ2n) is 6.38. The van der Waals surface area contributed by atoms with Gasteiger partial charge in [-0.25, -0.2) is 0 Å². The quantitative estimate of drug-likeness (QED) is 0.538. The van der Waals surface area contributed by atoms with Crippen molar-refractivity contribution in [3.8, 4) is 0 Å². The molecule has 0 atom stereocenters. The van der Waals surface area contributed by atoms with Gasteiger partial charge in [-0.2, -0.15) is 0 Å². The van der Waals surface area contributed by atoms with Crippen molar-refractivity contribution in [3.05, 3.63) is 71.3 Å². The van der Waals surface area contributed by atoms with E-state index in [1.807, 2.05) is 6.07 Å². The normalized spacial score (nSPS) is 12.6. The van der Waals surface area contributed by atoms with E-state index in [1.165, 1.54) is 4.90 Å². The molecule has 1 heterocycles. The maximum Gasteiger partial charge on any atom is 0.261 e. The monoisotopic (exact) mass is 379 g/mol. The zero-order valence-electron chi connectivity index (χ0n) is 15.3. The molecule has 0 radical (unpaired) electrons. The molecule has 0 bridgehead atoms. The van der Waals surface area contributed by atoms with Crippen LogP contribution in [0.1, 0.15) is 43.9 Å². The number of nitrogens with one attached hydrogen (secondary N) is 2. The fourth-order valence-corrected chi connectivity index (χ4v) is 3.00. The number of hydrogen-bond donors (Lipinski definition) is 2. The van der Waals surface area contributed by atoms with Crippen LogP contribution in [0.5, 0.6) is 0 Å². The third kappa shape index (κ3) is 4.43. The Bertz CT molecular complexity index is 861. The number of hydrogen-bond acceptors (Lipinski definition) is 4. The molecule has 144 valence electrons. The minimum absolute atomic E-state index is 0.189. The maximum absolute atomic E-state index is 12.2. The van der Waals surface area contributed by atoms with Gasteiger partial charge in [0.25, 0.3) is 17.7 Å². The zero-order chi connectivity index (χ0) is 19.9. The molecule has 2 aromatic carbocycles. The Morgan fingerprint density at radius 2 is 1.36 bits per heavy atom. The van der Waals surface area contributed by atoms with Crippen LogP contribution >= 0.6 is 0 Å². The van der Waals surface area contributed by atoms with Crippen LogP contribution in [0.4, 0.5) is 0 Å². The van der Waals surface area contributed by atoms with Crippen LogP contribution in [-0.2, 0) is 4.79 Å². The van der Waals surface area contributed by atoms with Gasteiger partial charge < -0.3 is 10.6 Å². The summed E-state index contributed by atoms with van der Waals surface area (Å²) in [5, 5.41) is 5.44. The van der Waals surface area contributed by atoms with Crippen LogP contribution in [0.15, 0.2) is 54.6 Å². The summed E-state index contributed by atoms with van der Waals surface area (Å²) in [6, 6.07) is 15.5. The summed E-state index contributed by atoms with van der Waals surface area (Å²) in [5.41, 5.74) is 1.38. The van der Waals surface area contributed by atoms with Crippen molar-refractivity contribution in [1.29, 1.82) is 0 Å². The first kappa shape index (κ1) is 19.3. The Kier molecular flexibility index (Phi) is 6.16. The number of nitrogens with zero attached hydrogens (tertiary/aromatic N) is 1. The second kappa shape index (κ2) is 8.94. The topological polar surface area (TPSA) is 95.6 Å². The molecule has 0 spiro atoms. The Morgan fingerprint density at radius 1 is 0.786 bits per heavy atom. The van der Waals surface area contributed by atoms with E-state index >= 15 is 0 Å². The number of rotatable bonds is 8. The largest absolute Gasteiger partial charge is 0.354 e. The fraction of sp³-hybridized carbons (Fsp3) is 0.238. The maximum atomic E-state index is 12.2. The molecule has 1 aliphatic rings. The van der Waals surface area contributed by atoms with E-state index in [9.17, 15) is 19.2 Å². The number of fused-ring (bicyclic) bond motifs is 1. The fourth-order valence-electron chi connectivity index (χ4n) is 3.00. The van der Waals surface area contributed by atoms with Gasteiger partial charge in [-0.1, -0.05) is 30.3 Å². The van der Waals surface area contributed by atoms with Gasteiger partial charge in [-0.15, -0.1) is 0 Å². The lowest BCUT2D eigenvalue weighted by atomic mass is 10.1. The molecule has 0 unspecified atom stereocenters. The SMILES string of the molecule is O=C(CCCN1C(=O)c2ccccc2C1=O)NCCNC(=O)c1ccccc1. The summed E-state index contributed by atoms with van der Waals surface area (Å²) in [6.07, 6.45) is 0.577. The van der Waals surface area contributed by atoms with Crippen LogP contribution in [0.3, 0.4) is 0 Å². The van der Waals surface area contributed by atoms with Crippen LogP contribution in [0.25, 0.3) is 0 Å². The van der Waals surface area contributed by atoms with E-state index in [2.05, 4.69) is 10.6 Å². The predicted molar refractivity (Wildman–Crippen MR) is 103 cm³/mol. The molecule has 7 heteroatoms. The zero-order valence-corrected chi connectivity index (χ0v) is 15.3. The average Bonchev–Trinajstić information content (AvgIpc) is 2.97.